The minimum Gasteiger partial charge on any atom is -0.353 e. The molecule has 0 saturated carbocycles. The molecule has 130 valence electrons. The quantitative estimate of drug-likeness (QED) is 0.686. The third-order valence-electron chi connectivity index (χ3n) is 3.51. The zero-order chi connectivity index (χ0) is 18.0. The van der Waals surface area contributed by atoms with Crippen LogP contribution in [0, 0.1) is 13.8 Å². The average Bonchev–Trinajstić information content (AvgIpc) is 2.94. The first-order chi connectivity index (χ1) is 11.9. The van der Waals surface area contributed by atoms with Crippen LogP contribution in [0.3, 0.4) is 0 Å². The van der Waals surface area contributed by atoms with Gasteiger partial charge in [0.15, 0.2) is 0 Å². The molecule has 3 aromatic rings. The highest BCUT2D eigenvalue weighted by Crippen LogP contribution is 2.35. The Labute approximate surface area is 155 Å². The second-order valence-corrected chi connectivity index (χ2v) is 8.31. The lowest BCUT2D eigenvalue weighted by atomic mass is 10.1. The van der Waals surface area contributed by atoms with E-state index in [-0.39, 0.29) is 11.9 Å². The Morgan fingerprint density at radius 2 is 1.92 bits per heavy atom. The molecule has 25 heavy (non-hydrogen) atoms. The molecule has 0 aliphatic heterocycles. The van der Waals surface area contributed by atoms with Crippen molar-refractivity contribution in [2.24, 2.45) is 0 Å². The molecule has 1 amide bonds. The van der Waals surface area contributed by atoms with Crippen LogP contribution in [-0.2, 0) is 4.79 Å². The van der Waals surface area contributed by atoms with Crippen molar-refractivity contribution >= 4 is 39.2 Å². The topological polar surface area (TPSA) is 67.8 Å². The number of carbonyl (C=O) groups excluding carboxylic acids is 1. The number of fused-ring (bicyclic) bond motifs is 1. The first-order valence-corrected chi connectivity index (χ1v) is 9.87. The lowest BCUT2D eigenvalue weighted by Crippen LogP contribution is -2.31. The molecular weight excluding hydrogens is 352 g/mol. The fraction of sp³-hybridized carbons (Fsp3) is 0.333. The minimum absolute atomic E-state index is 0.00971. The van der Waals surface area contributed by atoms with Crippen molar-refractivity contribution in [3.63, 3.8) is 0 Å². The molecule has 0 aliphatic carbocycles. The summed E-state index contributed by atoms with van der Waals surface area (Å²) in [6, 6.07) is 8.36. The zero-order valence-electron chi connectivity index (χ0n) is 14.7. The van der Waals surface area contributed by atoms with Crippen LogP contribution in [0.25, 0.3) is 21.5 Å². The number of aromatic nitrogens is 3. The van der Waals surface area contributed by atoms with Crippen molar-refractivity contribution in [1.82, 2.24) is 20.5 Å². The number of aryl methyl sites for hydroxylation is 2. The molecule has 0 fully saturated rings. The summed E-state index contributed by atoms with van der Waals surface area (Å²) in [4.78, 5) is 16.5. The van der Waals surface area contributed by atoms with Crippen molar-refractivity contribution in [2.75, 3.05) is 5.75 Å². The molecule has 0 saturated heterocycles. The number of carbonyl (C=O) groups is 1. The van der Waals surface area contributed by atoms with E-state index in [1.54, 1.807) is 11.3 Å². The monoisotopic (exact) mass is 372 g/mol. The smallest absolute Gasteiger partial charge is 0.230 e. The highest BCUT2D eigenvalue weighted by Gasteiger charge is 2.17. The number of nitrogens with zero attached hydrogens (tertiary/aromatic N) is 3. The van der Waals surface area contributed by atoms with E-state index >= 15 is 0 Å². The Kier molecular flexibility index (Phi) is 5.34. The summed E-state index contributed by atoms with van der Waals surface area (Å²) >= 11 is 2.99. The van der Waals surface area contributed by atoms with Crippen molar-refractivity contribution in [2.45, 2.75) is 38.8 Å². The molecule has 0 spiro atoms. The second-order valence-electron chi connectivity index (χ2n) is 6.14. The fourth-order valence-corrected chi connectivity index (χ4v) is 4.14. The second kappa shape index (κ2) is 7.49. The van der Waals surface area contributed by atoms with E-state index < -0.39 is 0 Å². The molecule has 3 rings (SSSR count). The molecule has 0 bridgehead atoms. The number of rotatable bonds is 5. The lowest BCUT2D eigenvalue weighted by Gasteiger charge is -2.08. The Balaban J connectivity index is 1.93. The van der Waals surface area contributed by atoms with Gasteiger partial charge >= 0.3 is 0 Å². The van der Waals surface area contributed by atoms with Crippen LogP contribution >= 0.6 is 23.1 Å². The van der Waals surface area contributed by atoms with Gasteiger partial charge in [-0.2, -0.15) is 0 Å². The van der Waals surface area contributed by atoms with Crippen molar-refractivity contribution < 1.29 is 4.79 Å². The van der Waals surface area contributed by atoms with Crippen LogP contribution < -0.4 is 5.32 Å². The maximum Gasteiger partial charge on any atom is 0.230 e. The summed E-state index contributed by atoms with van der Waals surface area (Å²) in [6.45, 7) is 7.93. The fourth-order valence-electron chi connectivity index (χ4n) is 2.42. The van der Waals surface area contributed by atoms with Gasteiger partial charge in [-0.1, -0.05) is 41.6 Å². The van der Waals surface area contributed by atoms with Crippen LogP contribution in [0.15, 0.2) is 29.3 Å². The van der Waals surface area contributed by atoms with Gasteiger partial charge in [-0.25, -0.2) is 4.98 Å². The van der Waals surface area contributed by atoms with Crippen LogP contribution in [0.1, 0.15) is 24.4 Å². The van der Waals surface area contributed by atoms with E-state index in [9.17, 15) is 4.79 Å². The molecule has 1 N–H and O–H groups in total. The summed E-state index contributed by atoms with van der Waals surface area (Å²) in [5.41, 5.74) is 3.91. The normalized spacial score (nSPS) is 11.2. The minimum atomic E-state index is -0.00971. The molecule has 5 nitrogen and oxygen atoms in total. The summed E-state index contributed by atoms with van der Waals surface area (Å²) in [6.07, 6.45) is 0. The van der Waals surface area contributed by atoms with Gasteiger partial charge in [0.2, 0.25) is 5.91 Å². The van der Waals surface area contributed by atoms with Gasteiger partial charge in [0.05, 0.1) is 15.5 Å². The highest BCUT2D eigenvalue weighted by atomic mass is 32.2. The maximum absolute atomic E-state index is 11.9. The van der Waals surface area contributed by atoms with E-state index in [2.05, 4.69) is 51.7 Å². The summed E-state index contributed by atoms with van der Waals surface area (Å²) in [7, 11) is 0. The zero-order valence-corrected chi connectivity index (χ0v) is 16.3. The van der Waals surface area contributed by atoms with E-state index in [1.165, 1.54) is 17.3 Å². The Morgan fingerprint density at radius 1 is 1.20 bits per heavy atom. The largest absolute Gasteiger partial charge is 0.353 e. The predicted molar refractivity (Wildman–Crippen MR) is 104 cm³/mol. The molecule has 7 heteroatoms. The number of amides is 1. The van der Waals surface area contributed by atoms with E-state index in [1.807, 2.05) is 20.8 Å². The highest BCUT2D eigenvalue weighted by molar-refractivity contribution is 8.00. The number of hydrogen-bond donors (Lipinski definition) is 1. The average molecular weight is 373 g/mol. The molecule has 2 heterocycles. The van der Waals surface area contributed by atoms with E-state index in [0.29, 0.717) is 10.8 Å². The molecule has 0 unspecified atom stereocenters. The summed E-state index contributed by atoms with van der Waals surface area (Å²) in [5, 5.41) is 13.3. The molecule has 1 aromatic carbocycles. The third kappa shape index (κ3) is 4.16. The third-order valence-corrected chi connectivity index (χ3v) is 5.44. The number of benzene rings is 1. The number of thiazole rings is 1. The van der Waals surface area contributed by atoms with Crippen molar-refractivity contribution in [3.8, 4) is 11.3 Å². The number of hydrogen-bond acceptors (Lipinski definition) is 6. The van der Waals surface area contributed by atoms with Gasteiger partial charge in [-0.3, -0.25) is 4.79 Å². The Bertz CT molecular complexity index is 903. The Hall–Kier alpha value is -1.99. The first kappa shape index (κ1) is 17.8. The molecule has 2 aromatic heterocycles. The van der Waals surface area contributed by atoms with Gasteiger partial charge < -0.3 is 5.32 Å². The molecule has 0 radical (unpaired) electrons. The van der Waals surface area contributed by atoms with Gasteiger partial charge in [0.1, 0.15) is 16.2 Å². The van der Waals surface area contributed by atoms with Crippen LogP contribution in [0.5, 0.6) is 0 Å². The molecule has 0 aliphatic rings. The first-order valence-electron chi connectivity index (χ1n) is 8.07. The van der Waals surface area contributed by atoms with Gasteiger partial charge in [-0.05, 0) is 27.7 Å². The summed E-state index contributed by atoms with van der Waals surface area (Å²) < 4.78 is 1.02. The number of nitrogens with one attached hydrogen (secondary N) is 1. The Morgan fingerprint density at radius 3 is 2.60 bits per heavy atom. The summed E-state index contributed by atoms with van der Waals surface area (Å²) in [5.74, 6) is 0.298. The molecular formula is C18H20N4OS2. The predicted octanol–water partition coefficient (Wildman–Crippen LogP) is 3.99. The number of thioether (sulfide) groups is 1. The van der Waals surface area contributed by atoms with E-state index in [0.717, 1.165) is 26.5 Å². The van der Waals surface area contributed by atoms with Gasteiger partial charge in [0.25, 0.3) is 0 Å². The van der Waals surface area contributed by atoms with Crippen molar-refractivity contribution in [1.29, 1.82) is 0 Å². The van der Waals surface area contributed by atoms with E-state index in [4.69, 9.17) is 0 Å². The van der Waals surface area contributed by atoms with Crippen LogP contribution in [-0.4, -0.2) is 32.9 Å². The van der Waals surface area contributed by atoms with Crippen LogP contribution in [0.2, 0.25) is 0 Å². The maximum atomic E-state index is 11.9. The lowest BCUT2D eigenvalue weighted by molar-refractivity contribution is -0.119. The standard InChI is InChI=1S/C18H20N4OS2/c1-10(2)19-14(23)9-24-18-16-17(25-12(4)20-16)15(21-22-18)13-7-5-11(3)6-8-13/h5-8,10H,9H2,1-4H3,(H,19,23). The van der Waals surface area contributed by atoms with Gasteiger partial charge in [-0.15, -0.1) is 21.5 Å². The van der Waals surface area contributed by atoms with Gasteiger partial charge in [0, 0.05) is 11.6 Å². The SMILES string of the molecule is Cc1ccc(-c2nnc(SCC(=O)NC(C)C)c3nc(C)sc23)cc1. The van der Waals surface area contributed by atoms with Crippen molar-refractivity contribution in [3.05, 3.63) is 34.8 Å². The van der Waals surface area contributed by atoms with Crippen LogP contribution in [0.4, 0.5) is 0 Å². The molecule has 0 atom stereocenters.